The Hall–Kier alpha value is -2.93. The third kappa shape index (κ3) is 9.37. The molecule has 2 N–H and O–H groups in total. The Balaban J connectivity index is 0.000000316. The number of hydrogen-bond donors (Lipinski definition) is 2. The Labute approximate surface area is 269 Å². The molecule has 1 aromatic carbocycles. The number of hydrogen-bond acceptors (Lipinski definition) is 6. The number of rotatable bonds is 14. The molecule has 1 aliphatic heterocycles. The van der Waals surface area contributed by atoms with Gasteiger partial charge in [0.2, 0.25) is 5.91 Å². The summed E-state index contributed by atoms with van der Waals surface area (Å²) in [6, 6.07) is 1.15. The Morgan fingerprint density at radius 2 is 1.57 bits per heavy atom. The van der Waals surface area contributed by atoms with Gasteiger partial charge in [0.25, 0.3) is 0 Å². The van der Waals surface area contributed by atoms with Crippen molar-refractivity contribution in [2.45, 2.75) is 124 Å². The normalized spacial score (nSPS) is 21.4. The fourth-order valence-corrected chi connectivity index (χ4v) is 7.58. The van der Waals surface area contributed by atoms with E-state index in [-0.39, 0.29) is 16.5 Å². The summed E-state index contributed by atoms with van der Waals surface area (Å²) in [4.78, 5) is 22.9. The molecule has 16 heteroatoms. The van der Waals surface area contributed by atoms with Crippen LogP contribution in [0.4, 0.5) is 30.7 Å². The van der Waals surface area contributed by atoms with Gasteiger partial charge in [-0.15, -0.1) is 0 Å². The van der Waals surface area contributed by atoms with Crippen LogP contribution in [0.15, 0.2) is 23.1 Å². The van der Waals surface area contributed by atoms with Crippen molar-refractivity contribution < 1.29 is 53.8 Å². The second-order valence-electron chi connectivity index (χ2n) is 12.5. The number of carboxylic acids is 1. The predicted molar refractivity (Wildman–Crippen MR) is 156 cm³/mol. The number of benzene rings is 1. The van der Waals surface area contributed by atoms with Gasteiger partial charge < -0.3 is 10.0 Å². The van der Waals surface area contributed by atoms with Crippen molar-refractivity contribution in [3.63, 3.8) is 0 Å². The zero-order valence-electron chi connectivity index (χ0n) is 26.0. The minimum Gasteiger partial charge on any atom is -0.480 e. The van der Waals surface area contributed by atoms with E-state index in [1.54, 1.807) is 0 Å². The second kappa shape index (κ2) is 15.1. The molecule has 3 aliphatic rings. The van der Waals surface area contributed by atoms with Crippen LogP contribution in [0.25, 0.3) is 0 Å². The Bertz CT molecular complexity index is 1420. The number of halogens is 7. The van der Waals surface area contributed by atoms with E-state index in [4.69, 9.17) is 5.26 Å². The van der Waals surface area contributed by atoms with Crippen LogP contribution in [0.5, 0.6) is 0 Å². The van der Waals surface area contributed by atoms with Crippen molar-refractivity contribution in [1.29, 1.82) is 5.26 Å². The maximum absolute atomic E-state index is 13.3. The minimum atomic E-state index is -5.28. The number of carboxylic acid groups (broad SMARTS) is 1. The average molecular weight is 700 g/mol. The molecular formula is C31H40F7N3O5S. The SMILES string of the molecule is CCCCCCCCCCNC1(C#N)CC1.O=C(O)[C@@H]1C[C@@H](S(=O)(=O)c2ccc(F)cc2C(F)(F)F)CN1C(=O)C1(C(F)(F)F)CC1. The van der Waals surface area contributed by atoms with E-state index in [0.717, 1.165) is 19.4 Å². The molecule has 0 aromatic heterocycles. The topological polar surface area (TPSA) is 128 Å². The highest BCUT2D eigenvalue weighted by molar-refractivity contribution is 7.92. The smallest absolute Gasteiger partial charge is 0.417 e. The van der Waals surface area contributed by atoms with Crippen molar-refractivity contribution >= 4 is 21.7 Å². The molecule has 0 unspecified atom stereocenters. The molecule has 264 valence electrons. The fourth-order valence-electron chi connectivity index (χ4n) is 5.69. The Kier molecular flexibility index (Phi) is 12.4. The molecule has 1 aromatic rings. The number of likely N-dealkylation sites (tertiary alicyclic amines) is 1. The van der Waals surface area contributed by atoms with Crippen LogP contribution in [0, 0.1) is 22.6 Å². The molecule has 0 spiro atoms. The first kappa shape index (κ1) is 38.5. The van der Waals surface area contributed by atoms with E-state index in [1.165, 1.54) is 51.4 Å². The molecule has 1 amide bonds. The van der Waals surface area contributed by atoms with Crippen LogP contribution in [-0.2, 0) is 25.6 Å². The molecular weight excluding hydrogens is 659 g/mol. The molecule has 8 nitrogen and oxygen atoms in total. The molecule has 0 radical (unpaired) electrons. The summed E-state index contributed by atoms with van der Waals surface area (Å²) in [5.41, 5.74) is -4.77. The molecule has 1 heterocycles. The van der Waals surface area contributed by atoms with E-state index in [2.05, 4.69) is 18.3 Å². The van der Waals surface area contributed by atoms with Gasteiger partial charge in [-0.25, -0.2) is 17.6 Å². The Morgan fingerprint density at radius 3 is 2.04 bits per heavy atom. The van der Waals surface area contributed by atoms with Crippen LogP contribution in [0.1, 0.15) is 96.0 Å². The highest BCUT2D eigenvalue weighted by Crippen LogP contribution is 2.59. The third-order valence-electron chi connectivity index (χ3n) is 8.96. The van der Waals surface area contributed by atoms with E-state index in [9.17, 15) is 53.8 Å². The predicted octanol–water partition coefficient (Wildman–Crippen LogP) is 6.79. The van der Waals surface area contributed by atoms with Gasteiger partial charge in [0.05, 0.1) is 21.8 Å². The maximum Gasteiger partial charge on any atom is 0.417 e. The van der Waals surface area contributed by atoms with E-state index < -0.39 is 92.9 Å². The molecule has 3 fully saturated rings. The molecule has 2 aliphatic carbocycles. The van der Waals surface area contributed by atoms with E-state index in [0.29, 0.717) is 12.1 Å². The van der Waals surface area contributed by atoms with E-state index in [1.807, 2.05) is 0 Å². The van der Waals surface area contributed by atoms with Crippen LogP contribution in [-0.4, -0.2) is 66.4 Å². The highest BCUT2D eigenvalue weighted by atomic mass is 32.2. The second-order valence-corrected chi connectivity index (χ2v) is 14.7. The average Bonchev–Trinajstić information content (AvgIpc) is 3.91. The minimum absolute atomic E-state index is 0.0533. The lowest BCUT2D eigenvalue weighted by Gasteiger charge is -2.28. The number of sulfone groups is 1. The highest BCUT2D eigenvalue weighted by Gasteiger charge is 2.70. The zero-order valence-corrected chi connectivity index (χ0v) is 26.8. The lowest BCUT2D eigenvalue weighted by Crippen LogP contribution is -2.48. The van der Waals surface area contributed by atoms with Gasteiger partial charge in [-0.2, -0.15) is 31.6 Å². The monoisotopic (exact) mass is 699 g/mol. The lowest BCUT2D eigenvalue weighted by molar-refractivity contribution is -0.199. The largest absolute Gasteiger partial charge is 0.480 e. The fraction of sp³-hybridized carbons (Fsp3) is 0.710. The quantitative estimate of drug-likeness (QED) is 0.124. The van der Waals surface area contributed by atoms with Gasteiger partial charge in [-0.05, 0) is 63.3 Å². The summed E-state index contributed by atoms with van der Waals surface area (Å²) in [7, 11) is -4.99. The van der Waals surface area contributed by atoms with Crippen LogP contribution in [0.2, 0.25) is 0 Å². The summed E-state index contributed by atoms with van der Waals surface area (Å²) in [6.45, 7) is 2.25. The standard InChI is InChI=1S/C17H14F7NO5S.C14H26N2/c18-8-1-2-12(10(5-8)16(19,20)21)31(29,30)9-6-11(13(26)27)25(7-9)14(28)15(3-4-15)17(22,23)24;1-2-3-4-5-6-7-8-9-12-16-14(13-15)10-11-14/h1-2,5,9,11H,3-4,6-7H2,(H,26,27);16H,2-12H2,1H3/t9-,11+;/m1./s1. The first-order chi connectivity index (χ1) is 21.8. The summed E-state index contributed by atoms with van der Waals surface area (Å²) >= 11 is 0. The lowest BCUT2D eigenvalue weighted by atomic mass is 10.0. The number of nitrogens with zero attached hydrogens (tertiary/aromatic N) is 2. The van der Waals surface area contributed by atoms with Gasteiger partial charge >= 0.3 is 18.3 Å². The Morgan fingerprint density at radius 1 is 1.00 bits per heavy atom. The zero-order chi connectivity index (χ0) is 35.3. The summed E-state index contributed by atoms with van der Waals surface area (Å²) in [6.07, 6.45) is 0.572. The molecule has 1 saturated heterocycles. The molecule has 4 rings (SSSR count). The van der Waals surface area contributed by atoms with Gasteiger partial charge in [-0.1, -0.05) is 51.9 Å². The van der Waals surface area contributed by atoms with Crippen LogP contribution >= 0.6 is 0 Å². The van der Waals surface area contributed by atoms with Crippen LogP contribution < -0.4 is 5.32 Å². The number of carbonyl (C=O) groups excluding carboxylic acids is 1. The van der Waals surface area contributed by atoms with Crippen molar-refractivity contribution in [3.05, 3.63) is 29.6 Å². The molecule has 47 heavy (non-hydrogen) atoms. The van der Waals surface area contributed by atoms with Gasteiger partial charge in [0, 0.05) is 6.54 Å². The number of aliphatic carboxylic acids is 1. The number of unbranched alkanes of at least 4 members (excludes halogenated alkanes) is 7. The first-order valence-corrected chi connectivity index (χ1v) is 17.3. The number of nitriles is 1. The summed E-state index contributed by atoms with van der Waals surface area (Å²) in [5.74, 6) is -4.79. The van der Waals surface area contributed by atoms with Gasteiger partial charge in [0.15, 0.2) is 9.84 Å². The molecule has 0 bridgehead atoms. The van der Waals surface area contributed by atoms with Crippen molar-refractivity contribution in [3.8, 4) is 6.07 Å². The summed E-state index contributed by atoms with van der Waals surface area (Å²) < 4.78 is 118. The molecule has 2 atom stereocenters. The van der Waals surface area contributed by atoms with E-state index >= 15 is 0 Å². The number of amides is 1. The van der Waals surface area contributed by atoms with Gasteiger partial charge in [-0.3, -0.25) is 10.1 Å². The van der Waals surface area contributed by atoms with Crippen molar-refractivity contribution in [1.82, 2.24) is 10.2 Å². The molecule has 2 saturated carbocycles. The number of nitrogens with one attached hydrogen (secondary N) is 1. The summed E-state index contributed by atoms with van der Waals surface area (Å²) in [5, 5.41) is 19.6. The van der Waals surface area contributed by atoms with Crippen molar-refractivity contribution in [2.75, 3.05) is 13.1 Å². The number of alkyl halides is 6. The number of carbonyl (C=O) groups is 2. The third-order valence-corrected chi connectivity index (χ3v) is 11.1. The van der Waals surface area contributed by atoms with Crippen LogP contribution in [0.3, 0.4) is 0 Å². The maximum atomic E-state index is 13.3. The van der Waals surface area contributed by atoms with Crippen molar-refractivity contribution in [2.24, 2.45) is 5.41 Å². The first-order valence-electron chi connectivity index (χ1n) is 15.7. The van der Waals surface area contributed by atoms with Gasteiger partial charge in [0.1, 0.15) is 22.8 Å².